The number of ether oxygens (including phenoxy) is 1. The fraction of sp³-hybridized carbons (Fsp3) is 0.286. The first kappa shape index (κ1) is 13.1. The van der Waals surface area contributed by atoms with Gasteiger partial charge in [-0.15, -0.1) is 5.10 Å². The molecule has 0 atom stereocenters. The van der Waals surface area contributed by atoms with Crippen LogP contribution in [-0.2, 0) is 13.0 Å². The summed E-state index contributed by atoms with van der Waals surface area (Å²) in [4.78, 5) is 16.9. The molecule has 2 aromatic rings. The summed E-state index contributed by atoms with van der Waals surface area (Å²) in [7, 11) is 1.53. The second kappa shape index (κ2) is 5.25. The molecule has 21 heavy (non-hydrogen) atoms. The number of carbonyl (C=O) groups excluding carboxylic acids is 1. The molecule has 0 saturated carbocycles. The van der Waals surface area contributed by atoms with Crippen LogP contribution >= 0.6 is 0 Å². The van der Waals surface area contributed by atoms with E-state index in [0.717, 1.165) is 11.3 Å². The Bertz CT molecular complexity index is 731. The van der Waals surface area contributed by atoms with E-state index in [2.05, 4.69) is 15.2 Å². The molecule has 1 aliphatic rings. The molecule has 3 heterocycles. The predicted octanol–water partition coefficient (Wildman–Crippen LogP) is 0.883. The van der Waals surface area contributed by atoms with Crippen molar-refractivity contribution in [3.63, 3.8) is 0 Å². The number of rotatable bonds is 2. The van der Waals surface area contributed by atoms with Crippen molar-refractivity contribution in [3.8, 4) is 11.9 Å². The molecule has 1 amide bonds. The lowest BCUT2D eigenvalue weighted by atomic mass is 10.1. The summed E-state index contributed by atoms with van der Waals surface area (Å²) < 4.78 is 5.06. The standard InChI is InChI=1S/C14H13N5O2/c1-21-13-6-9-8-19(5-4-11(9)17-18-13)14(20)12-3-2-10(7-15)16-12/h2-3,6,16H,4-5,8H2,1H3. The molecular formula is C14H13N5O2. The van der Waals surface area contributed by atoms with Crippen LogP contribution in [0.25, 0.3) is 0 Å². The molecule has 0 fully saturated rings. The zero-order valence-electron chi connectivity index (χ0n) is 11.5. The van der Waals surface area contributed by atoms with Crippen molar-refractivity contribution in [2.45, 2.75) is 13.0 Å². The number of hydrogen-bond acceptors (Lipinski definition) is 5. The lowest BCUT2D eigenvalue weighted by Crippen LogP contribution is -2.36. The number of aromatic nitrogens is 3. The number of nitriles is 1. The Hall–Kier alpha value is -2.88. The lowest BCUT2D eigenvalue weighted by Gasteiger charge is -2.27. The van der Waals surface area contributed by atoms with Gasteiger partial charge in [-0.05, 0) is 12.1 Å². The van der Waals surface area contributed by atoms with Crippen molar-refractivity contribution < 1.29 is 9.53 Å². The van der Waals surface area contributed by atoms with Gasteiger partial charge < -0.3 is 14.6 Å². The number of nitrogens with one attached hydrogen (secondary N) is 1. The van der Waals surface area contributed by atoms with Crippen LogP contribution in [0.3, 0.4) is 0 Å². The molecule has 3 rings (SSSR count). The Kier molecular flexibility index (Phi) is 3.28. The number of aromatic amines is 1. The van der Waals surface area contributed by atoms with Crippen LogP contribution in [-0.4, -0.2) is 39.6 Å². The quantitative estimate of drug-likeness (QED) is 0.883. The Balaban J connectivity index is 1.82. The normalized spacial score (nSPS) is 13.4. The summed E-state index contributed by atoms with van der Waals surface area (Å²) in [6, 6.07) is 7.00. The molecule has 0 unspecified atom stereocenters. The van der Waals surface area contributed by atoms with Crippen molar-refractivity contribution in [3.05, 3.63) is 40.8 Å². The van der Waals surface area contributed by atoms with Crippen molar-refractivity contribution >= 4 is 5.91 Å². The highest BCUT2D eigenvalue weighted by Crippen LogP contribution is 2.21. The number of carbonyl (C=O) groups is 1. The van der Waals surface area contributed by atoms with E-state index in [9.17, 15) is 4.79 Å². The molecule has 2 aromatic heterocycles. The summed E-state index contributed by atoms with van der Waals surface area (Å²) in [6.07, 6.45) is 0.657. The second-order valence-electron chi connectivity index (χ2n) is 4.73. The number of methoxy groups -OCH3 is 1. The average Bonchev–Trinajstić information content (AvgIpc) is 3.02. The number of fused-ring (bicyclic) bond motifs is 1. The highest BCUT2D eigenvalue weighted by atomic mass is 16.5. The third kappa shape index (κ3) is 2.43. The monoisotopic (exact) mass is 283 g/mol. The largest absolute Gasteiger partial charge is 0.480 e. The van der Waals surface area contributed by atoms with Gasteiger partial charge >= 0.3 is 0 Å². The van der Waals surface area contributed by atoms with Crippen molar-refractivity contribution in [1.82, 2.24) is 20.1 Å². The van der Waals surface area contributed by atoms with Crippen LogP contribution in [0, 0.1) is 11.3 Å². The Morgan fingerprint density at radius 1 is 1.48 bits per heavy atom. The number of nitrogens with zero attached hydrogens (tertiary/aromatic N) is 4. The van der Waals surface area contributed by atoms with Crippen LogP contribution < -0.4 is 4.74 Å². The maximum absolute atomic E-state index is 12.4. The molecule has 0 spiro atoms. The second-order valence-corrected chi connectivity index (χ2v) is 4.73. The highest BCUT2D eigenvalue weighted by molar-refractivity contribution is 5.92. The maximum Gasteiger partial charge on any atom is 0.270 e. The van der Waals surface area contributed by atoms with E-state index < -0.39 is 0 Å². The van der Waals surface area contributed by atoms with E-state index in [1.807, 2.05) is 6.07 Å². The first-order valence-corrected chi connectivity index (χ1v) is 6.49. The Morgan fingerprint density at radius 2 is 2.33 bits per heavy atom. The molecule has 1 aliphatic heterocycles. The van der Waals surface area contributed by atoms with Gasteiger partial charge in [0, 0.05) is 31.1 Å². The first-order chi connectivity index (χ1) is 10.2. The van der Waals surface area contributed by atoms with Gasteiger partial charge in [-0.1, -0.05) is 0 Å². The van der Waals surface area contributed by atoms with E-state index >= 15 is 0 Å². The molecule has 7 heteroatoms. The van der Waals surface area contributed by atoms with Crippen molar-refractivity contribution in [1.29, 1.82) is 5.26 Å². The number of amides is 1. The van der Waals surface area contributed by atoms with Crippen LogP contribution in [0.5, 0.6) is 5.88 Å². The van der Waals surface area contributed by atoms with Crippen LogP contribution in [0.1, 0.15) is 27.4 Å². The fourth-order valence-electron chi connectivity index (χ4n) is 2.34. The molecule has 1 N–H and O–H groups in total. The van der Waals surface area contributed by atoms with Gasteiger partial charge in [-0.25, -0.2) is 0 Å². The zero-order valence-corrected chi connectivity index (χ0v) is 11.5. The molecule has 0 aromatic carbocycles. The summed E-state index contributed by atoms with van der Waals surface area (Å²) in [5.41, 5.74) is 2.63. The van der Waals surface area contributed by atoms with Gasteiger partial charge in [-0.2, -0.15) is 10.4 Å². The van der Waals surface area contributed by atoms with Gasteiger partial charge in [0.2, 0.25) is 5.88 Å². The average molecular weight is 283 g/mol. The van der Waals surface area contributed by atoms with Crippen molar-refractivity contribution in [2.24, 2.45) is 0 Å². The molecule has 0 bridgehead atoms. The number of H-pyrrole nitrogens is 1. The van der Waals surface area contributed by atoms with Crippen LogP contribution in [0.15, 0.2) is 18.2 Å². The summed E-state index contributed by atoms with van der Waals surface area (Å²) in [6.45, 7) is 1.04. The Labute approximate surface area is 121 Å². The first-order valence-electron chi connectivity index (χ1n) is 6.49. The zero-order chi connectivity index (χ0) is 14.8. The fourth-order valence-corrected chi connectivity index (χ4v) is 2.34. The van der Waals surface area contributed by atoms with Gasteiger partial charge in [-0.3, -0.25) is 4.79 Å². The van der Waals surface area contributed by atoms with Crippen LogP contribution in [0.2, 0.25) is 0 Å². The van der Waals surface area contributed by atoms with E-state index in [1.54, 1.807) is 23.1 Å². The number of hydrogen-bond donors (Lipinski definition) is 1. The third-order valence-corrected chi connectivity index (χ3v) is 3.45. The molecule has 0 saturated heterocycles. The van der Waals surface area contributed by atoms with Crippen LogP contribution in [0.4, 0.5) is 0 Å². The maximum atomic E-state index is 12.4. The summed E-state index contributed by atoms with van der Waals surface area (Å²) in [5.74, 6) is 0.313. The van der Waals surface area contributed by atoms with Gasteiger partial charge in [0.15, 0.2) is 0 Å². The molecule has 7 nitrogen and oxygen atoms in total. The van der Waals surface area contributed by atoms with E-state index in [4.69, 9.17) is 10.00 Å². The smallest absolute Gasteiger partial charge is 0.270 e. The molecular weight excluding hydrogens is 270 g/mol. The van der Waals surface area contributed by atoms with Gasteiger partial charge in [0.05, 0.1) is 12.8 Å². The topological polar surface area (TPSA) is 94.9 Å². The predicted molar refractivity (Wildman–Crippen MR) is 72.5 cm³/mol. The highest BCUT2D eigenvalue weighted by Gasteiger charge is 2.24. The minimum absolute atomic E-state index is 0.127. The van der Waals surface area contributed by atoms with E-state index in [-0.39, 0.29) is 5.91 Å². The third-order valence-electron chi connectivity index (χ3n) is 3.45. The minimum atomic E-state index is -0.127. The Morgan fingerprint density at radius 3 is 3.05 bits per heavy atom. The minimum Gasteiger partial charge on any atom is -0.480 e. The van der Waals surface area contributed by atoms with E-state index in [0.29, 0.717) is 36.8 Å². The SMILES string of the molecule is COc1cc2c(nn1)CCN(C(=O)c1ccc(C#N)[nH]1)C2. The van der Waals surface area contributed by atoms with Gasteiger partial charge in [0.1, 0.15) is 17.5 Å². The van der Waals surface area contributed by atoms with E-state index in [1.165, 1.54) is 7.11 Å². The summed E-state index contributed by atoms with van der Waals surface area (Å²) >= 11 is 0. The summed E-state index contributed by atoms with van der Waals surface area (Å²) in [5, 5.41) is 16.8. The molecule has 106 valence electrons. The van der Waals surface area contributed by atoms with Gasteiger partial charge in [0.25, 0.3) is 5.91 Å². The lowest BCUT2D eigenvalue weighted by molar-refractivity contribution is 0.0727. The molecule has 0 aliphatic carbocycles. The van der Waals surface area contributed by atoms with Crippen molar-refractivity contribution in [2.75, 3.05) is 13.7 Å². The molecule has 0 radical (unpaired) electrons.